The average molecular weight is 861 g/mol. The molecular formula is C65H52N2. The molecule has 0 amide bonds. The summed E-state index contributed by atoms with van der Waals surface area (Å²) in [4.78, 5) is 0. The van der Waals surface area contributed by atoms with Gasteiger partial charge in [-0.1, -0.05) is 148 Å². The van der Waals surface area contributed by atoms with Crippen LogP contribution < -0.4 is 5.32 Å². The topological polar surface area (TPSA) is 17.0 Å². The first kappa shape index (κ1) is 39.7. The number of hydrogen-bond acceptors (Lipinski definition) is 1. The Hall–Kier alpha value is -7.68. The van der Waals surface area contributed by atoms with Gasteiger partial charge in [0, 0.05) is 33.3 Å². The van der Waals surface area contributed by atoms with Crippen molar-refractivity contribution in [3.05, 3.63) is 222 Å². The highest BCUT2D eigenvalue weighted by Crippen LogP contribution is 2.50. The molecular weight excluding hydrogens is 809 g/mol. The Morgan fingerprint density at radius 2 is 1.06 bits per heavy atom. The Morgan fingerprint density at radius 1 is 0.418 bits per heavy atom. The molecule has 9 aromatic rings. The fourth-order valence-electron chi connectivity index (χ4n) is 11.8. The SMILES string of the molecule is CC1CC=CC(Nc2cc(-c3ccccc3)cc(-c3ccc4c(c3)C=CCC4C)c2)=C1c1cccc(-c2cc3c4c(c2)c2ccccc2n4-c2ccccc2-c2cc4c(cc2-3)C=CCC4C)c1. The molecule has 13 rings (SSSR count). The summed E-state index contributed by atoms with van der Waals surface area (Å²) in [6, 6.07) is 62.1. The molecule has 67 heavy (non-hydrogen) atoms. The summed E-state index contributed by atoms with van der Waals surface area (Å²) in [6.45, 7) is 7.07. The zero-order valence-electron chi connectivity index (χ0n) is 38.4. The van der Waals surface area contributed by atoms with Crippen molar-refractivity contribution < 1.29 is 0 Å². The zero-order valence-corrected chi connectivity index (χ0v) is 38.4. The van der Waals surface area contributed by atoms with E-state index in [-0.39, 0.29) is 0 Å². The molecule has 322 valence electrons. The molecule has 0 saturated heterocycles. The van der Waals surface area contributed by atoms with Gasteiger partial charge >= 0.3 is 0 Å². The zero-order chi connectivity index (χ0) is 44.8. The Bertz CT molecular complexity index is 3630. The molecule has 3 aliphatic carbocycles. The van der Waals surface area contributed by atoms with Gasteiger partial charge in [-0.15, -0.1) is 0 Å². The molecule has 0 radical (unpaired) electrons. The highest BCUT2D eigenvalue weighted by atomic mass is 15.0. The number of nitrogens with one attached hydrogen (secondary N) is 1. The number of para-hydroxylation sites is 2. The van der Waals surface area contributed by atoms with Crippen LogP contribution in [0, 0.1) is 5.92 Å². The maximum absolute atomic E-state index is 4.01. The fraction of sp³-hybridized carbons (Fsp3) is 0.138. The van der Waals surface area contributed by atoms with Gasteiger partial charge in [0.25, 0.3) is 0 Å². The Morgan fingerprint density at radius 3 is 1.93 bits per heavy atom. The van der Waals surface area contributed by atoms with Crippen LogP contribution in [0.2, 0.25) is 0 Å². The van der Waals surface area contributed by atoms with Crippen LogP contribution in [0.1, 0.15) is 79.7 Å². The second-order valence-electron chi connectivity index (χ2n) is 19.5. The van der Waals surface area contributed by atoms with Crippen molar-refractivity contribution in [1.82, 2.24) is 4.57 Å². The third-order valence-electron chi connectivity index (χ3n) is 15.2. The molecule has 2 heterocycles. The summed E-state index contributed by atoms with van der Waals surface area (Å²) in [5.74, 6) is 1.34. The maximum Gasteiger partial charge on any atom is 0.0620 e. The van der Waals surface area contributed by atoms with E-state index in [2.05, 4.69) is 231 Å². The largest absolute Gasteiger partial charge is 0.355 e. The Kier molecular flexibility index (Phi) is 9.32. The van der Waals surface area contributed by atoms with Gasteiger partial charge in [0.1, 0.15) is 0 Å². The number of allylic oxidation sites excluding steroid dienone is 5. The van der Waals surface area contributed by atoms with E-state index in [0.29, 0.717) is 17.8 Å². The molecule has 8 aromatic carbocycles. The van der Waals surface area contributed by atoms with E-state index in [4.69, 9.17) is 0 Å². The molecule has 1 aromatic heterocycles. The minimum absolute atomic E-state index is 0.325. The lowest BCUT2D eigenvalue weighted by Gasteiger charge is -2.25. The van der Waals surface area contributed by atoms with Crippen LogP contribution in [0.4, 0.5) is 5.69 Å². The van der Waals surface area contributed by atoms with Crippen LogP contribution in [0.15, 0.2) is 194 Å². The number of benzene rings is 8. The second kappa shape index (κ2) is 15.7. The predicted molar refractivity (Wildman–Crippen MR) is 286 cm³/mol. The number of anilines is 1. The first-order chi connectivity index (χ1) is 32.9. The lowest BCUT2D eigenvalue weighted by atomic mass is 9.82. The van der Waals surface area contributed by atoms with Gasteiger partial charge in [0.2, 0.25) is 0 Å². The molecule has 2 nitrogen and oxygen atoms in total. The maximum atomic E-state index is 4.01. The summed E-state index contributed by atoms with van der Waals surface area (Å²) in [6.07, 6.45) is 17.1. The molecule has 0 fully saturated rings. The summed E-state index contributed by atoms with van der Waals surface area (Å²) < 4.78 is 2.54. The quantitative estimate of drug-likeness (QED) is 0.176. The minimum Gasteiger partial charge on any atom is -0.355 e. The van der Waals surface area contributed by atoms with Crippen LogP contribution in [0.25, 0.3) is 101 Å². The van der Waals surface area contributed by atoms with Gasteiger partial charge in [-0.3, -0.25) is 0 Å². The number of aromatic nitrogens is 1. The molecule has 3 atom stereocenters. The highest BCUT2D eigenvalue weighted by molar-refractivity contribution is 6.18. The number of fused-ring (bicyclic) bond motifs is 10. The van der Waals surface area contributed by atoms with Crippen molar-refractivity contribution in [2.75, 3.05) is 5.32 Å². The summed E-state index contributed by atoms with van der Waals surface area (Å²) in [5, 5.41) is 6.57. The number of rotatable bonds is 6. The molecule has 1 aliphatic heterocycles. The van der Waals surface area contributed by atoms with Gasteiger partial charge < -0.3 is 9.88 Å². The van der Waals surface area contributed by atoms with Crippen molar-refractivity contribution in [1.29, 1.82) is 0 Å². The number of nitrogens with zero attached hydrogens (tertiary/aromatic N) is 1. The molecule has 0 saturated carbocycles. The predicted octanol–water partition coefficient (Wildman–Crippen LogP) is 17.9. The van der Waals surface area contributed by atoms with E-state index in [0.717, 1.165) is 30.6 Å². The van der Waals surface area contributed by atoms with E-state index in [9.17, 15) is 0 Å². The van der Waals surface area contributed by atoms with Crippen molar-refractivity contribution in [2.45, 2.75) is 51.9 Å². The smallest absolute Gasteiger partial charge is 0.0620 e. The molecule has 4 aliphatic rings. The first-order valence-corrected chi connectivity index (χ1v) is 24.3. The average Bonchev–Trinajstić information content (AvgIpc) is 3.64. The van der Waals surface area contributed by atoms with E-state index in [1.165, 1.54) is 117 Å². The van der Waals surface area contributed by atoms with E-state index >= 15 is 0 Å². The van der Waals surface area contributed by atoms with Gasteiger partial charge in [0.05, 0.1) is 16.7 Å². The normalized spacial score (nSPS) is 17.8. The van der Waals surface area contributed by atoms with Crippen LogP contribution in [-0.4, -0.2) is 4.57 Å². The van der Waals surface area contributed by atoms with Crippen molar-refractivity contribution in [2.24, 2.45) is 5.92 Å². The van der Waals surface area contributed by atoms with Gasteiger partial charge in [-0.25, -0.2) is 0 Å². The molecule has 0 bridgehead atoms. The Labute approximate surface area is 394 Å². The van der Waals surface area contributed by atoms with Crippen LogP contribution in [0.5, 0.6) is 0 Å². The van der Waals surface area contributed by atoms with Gasteiger partial charge in [-0.2, -0.15) is 0 Å². The van der Waals surface area contributed by atoms with E-state index < -0.39 is 0 Å². The van der Waals surface area contributed by atoms with Crippen LogP contribution in [0.3, 0.4) is 0 Å². The summed E-state index contributed by atoms with van der Waals surface area (Å²) >= 11 is 0. The molecule has 0 spiro atoms. The highest BCUT2D eigenvalue weighted by Gasteiger charge is 2.28. The fourth-order valence-corrected chi connectivity index (χ4v) is 11.8. The third kappa shape index (κ3) is 6.61. The summed E-state index contributed by atoms with van der Waals surface area (Å²) in [5.41, 5.74) is 26.6. The van der Waals surface area contributed by atoms with Crippen LogP contribution >= 0.6 is 0 Å². The minimum atomic E-state index is 0.325. The lowest BCUT2D eigenvalue weighted by Crippen LogP contribution is -2.11. The molecule has 3 unspecified atom stereocenters. The van der Waals surface area contributed by atoms with E-state index in [1.807, 2.05) is 0 Å². The second-order valence-corrected chi connectivity index (χ2v) is 19.5. The van der Waals surface area contributed by atoms with Crippen LogP contribution in [-0.2, 0) is 0 Å². The monoisotopic (exact) mass is 860 g/mol. The lowest BCUT2D eigenvalue weighted by molar-refractivity contribution is 0.752. The van der Waals surface area contributed by atoms with Crippen molar-refractivity contribution >= 4 is 45.2 Å². The number of hydrogen-bond donors (Lipinski definition) is 1. The molecule has 2 heteroatoms. The Balaban J connectivity index is 0.962. The standard InChI is InChI=1S/C65H52N2/c1-40-15-11-21-46-31-45(29-30-53(40)46)50-33-49(43-18-5-4-6-19-43)34-52(35-50)66-61-26-13-17-42(3)64(61)48-23-14-20-44(32-48)51-37-59-55-25-8-10-28-63(55)67-62-27-9-7-24-54(62)58-39-56-41(2)16-12-22-47(56)36-57(58)60(38-51)65(59)67/h4-14,18-42,66H,15-17H2,1-3H3. The van der Waals surface area contributed by atoms with Gasteiger partial charge in [0.15, 0.2) is 0 Å². The summed E-state index contributed by atoms with van der Waals surface area (Å²) in [7, 11) is 0. The van der Waals surface area contributed by atoms with E-state index in [1.54, 1.807) is 0 Å². The van der Waals surface area contributed by atoms with Crippen molar-refractivity contribution in [3.8, 4) is 61.3 Å². The molecule has 1 N–H and O–H groups in total. The van der Waals surface area contributed by atoms with Crippen molar-refractivity contribution in [3.63, 3.8) is 0 Å². The third-order valence-corrected chi connectivity index (χ3v) is 15.2. The first-order valence-electron chi connectivity index (χ1n) is 24.3. The van der Waals surface area contributed by atoms with Gasteiger partial charge in [-0.05, 0) is 188 Å².